The summed E-state index contributed by atoms with van der Waals surface area (Å²) in [5.41, 5.74) is 0.448. The van der Waals surface area contributed by atoms with Gasteiger partial charge < -0.3 is 14.8 Å². The maximum absolute atomic E-state index is 11.8. The van der Waals surface area contributed by atoms with Crippen molar-refractivity contribution in [2.24, 2.45) is 11.8 Å². The van der Waals surface area contributed by atoms with Crippen LogP contribution in [0.4, 0.5) is 0 Å². The van der Waals surface area contributed by atoms with E-state index in [1.54, 1.807) is 13.0 Å². The van der Waals surface area contributed by atoms with Crippen LogP contribution in [0.15, 0.2) is 16.7 Å². The highest BCUT2D eigenvalue weighted by atomic mass is 16.4. The average molecular weight is 253 g/mol. The molecule has 0 saturated heterocycles. The Morgan fingerprint density at radius 2 is 2.11 bits per heavy atom. The Labute approximate surface area is 106 Å². The molecular weight excluding hydrogens is 234 g/mol. The summed E-state index contributed by atoms with van der Waals surface area (Å²) < 4.78 is 5.03. The summed E-state index contributed by atoms with van der Waals surface area (Å²) in [5.74, 6) is -0.924. The first-order chi connectivity index (χ1) is 8.41. The molecule has 1 atom stereocenters. The summed E-state index contributed by atoms with van der Waals surface area (Å²) in [5, 5.41) is 11.7. The van der Waals surface area contributed by atoms with Crippen LogP contribution in [0.25, 0.3) is 0 Å². The van der Waals surface area contributed by atoms with Gasteiger partial charge in [0.15, 0.2) is 0 Å². The molecule has 1 aromatic rings. The molecule has 1 unspecified atom stereocenters. The van der Waals surface area contributed by atoms with E-state index in [0.29, 0.717) is 17.7 Å². The molecule has 5 nitrogen and oxygen atoms in total. The minimum atomic E-state index is -0.882. The minimum Gasteiger partial charge on any atom is -0.481 e. The molecule has 0 radical (unpaired) electrons. The summed E-state index contributed by atoms with van der Waals surface area (Å²) in [6.45, 7) is 5.74. The molecule has 1 aromatic heterocycles. The molecule has 2 N–H and O–H groups in total. The highest BCUT2D eigenvalue weighted by Gasteiger charge is 2.20. The Morgan fingerprint density at radius 3 is 2.56 bits per heavy atom. The van der Waals surface area contributed by atoms with Crippen LogP contribution in [0.3, 0.4) is 0 Å². The predicted molar refractivity (Wildman–Crippen MR) is 66.4 cm³/mol. The van der Waals surface area contributed by atoms with Crippen LogP contribution in [0.2, 0.25) is 0 Å². The van der Waals surface area contributed by atoms with Crippen LogP contribution in [0.5, 0.6) is 0 Å². The van der Waals surface area contributed by atoms with Crippen LogP contribution in [0, 0.1) is 18.8 Å². The van der Waals surface area contributed by atoms with Crippen molar-refractivity contribution in [1.82, 2.24) is 5.32 Å². The van der Waals surface area contributed by atoms with E-state index in [0.717, 1.165) is 0 Å². The first-order valence-corrected chi connectivity index (χ1v) is 5.97. The van der Waals surface area contributed by atoms with E-state index in [4.69, 9.17) is 9.52 Å². The second-order valence-electron chi connectivity index (χ2n) is 4.77. The second-order valence-corrected chi connectivity index (χ2v) is 4.77. The van der Waals surface area contributed by atoms with Gasteiger partial charge >= 0.3 is 5.97 Å². The van der Waals surface area contributed by atoms with E-state index in [2.05, 4.69) is 5.32 Å². The zero-order valence-corrected chi connectivity index (χ0v) is 10.9. The van der Waals surface area contributed by atoms with Crippen LogP contribution in [-0.4, -0.2) is 23.5 Å². The number of aryl methyl sites for hydroxylation is 1. The lowest BCUT2D eigenvalue weighted by molar-refractivity contribution is -0.142. The van der Waals surface area contributed by atoms with Gasteiger partial charge in [-0.2, -0.15) is 0 Å². The molecule has 0 spiro atoms. The van der Waals surface area contributed by atoms with E-state index >= 15 is 0 Å². The van der Waals surface area contributed by atoms with Crippen molar-refractivity contribution >= 4 is 11.9 Å². The molecule has 0 aliphatic carbocycles. The Balaban J connectivity index is 2.55. The summed E-state index contributed by atoms with van der Waals surface area (Å²) in [6.07, 6.45) is 1.98. The topological polar surface area (TPSA) is 79.5 Å². The monoisotopic (exact) mass is 253 g/mol. The Bertz CT molecular complexity index is 422. The number of carbonyl (C=O) groups excluding carboxylic acids is 1. The molecule has 0 bridgehead atoms. The smallest absolute Gasteiger partial charge is 0.308 e. The standard InChI is InChI=1S/C13H19NO4/c1-8(2)6-10(13(16)17)7-14-12(15)11-4-5-18-9(11)3/h4-5,8,10H,6-7H2,1-3H3,(H,14,15)(H,16,17). The van der Waals surface area contributed by atoms with Crippen molar-refractivity contribution in [1.29, 1.82) is 0 Å². The Morgan fingerprint density at radius 1 is 1.44 bits per heavy atom. The summed E-state index contributed by atoms with van der Waals surface area (Å²) in [7, 11) is 0. The lowest BCUT2D eigenvalue weighted by Gasteiger charge is -2.15. The lowest BCUT2D eigenvalue weighted by Crippen LogP contribution is -2.33. The first-order valence-electron chi connectivity index (χ1n) is 5.97. The number of rotatable bonds is 6. The Kier molecular flexibility index (Phi) is 4.95. The highest BCUT2D eigenvalue weighted by Crippen LogP contribution is 2.12. The molecule has 1 rings (SSSR count). The highest BCUT2D eigenvalue weighted by molar-refractivity contribution is 5.95. The molecule has 1 heterocycles. The second kappa shape index (κ2) is 6.23. The maximum atomic E-state index is 11.8. The van der Waals surface area contributed by atoms with Gasteiger partial charge in [0.05, 0.1) is 17.7 Å². The van der Waals surface area contributed by atoms with E-state index in [9.17, 15) is 9.59 Å². The number of hydrogen-bond acceptors (Lipinski definition) is 3. The van der Waals surface area contributed by atoms with Gasteiger partial charge in [-0.25, -0.2) is 0 Å². The minimum absolute atomic E-state index is 0.136. The van der Waals surface area contributed by atoms with E-state index < -0.39 is 11.9 Å². The molecule has 5 heteroatoms. The van der Waals surface area contributed by atoms with Crippen molar-refractivity contribution in [3.05, 3.63) is 23.7 Å². The number of nitrogens with one attached hydrogen (secondary N) is 1. The normalized spacial score (nSPS) is 12.4. The molecule has 100 valence electrons. The SMILES string of the molecule is Cc1occc1C(=O)NCC(CC(C)C)C(=O)O. The number of aliphatic carboxylic acids is 1. The van der Waals surface area contributed by atoms with Gasteiger partial charge in [0.25, 0.3) is 5.91 Å². The zero-order chi connectivity index (χ0) is 13.7. The molecule has 1 amide bonds. The van der Waals surface area contributed by atoms with E-state index in [1.807, 2.05) is 13.8 Å². The van der Waals surface area contributed by atoms with Gasteiger partial charge in [-0.3, -0.25) is 9.59 Å². The van der Waals surface area contributed by atoms with Crippen molar-refractivity contribution in [2.45, 2.75) is 27.2 Å². The predicted octanol–water partition coefficient (Wildman–Crippen LogP) is 2.06. The fourth-order valence-corrected chi connectivity index (χ4v) is 1.77. The molecule has 0 aromatic carbocycles. The molecule has 0 saturated carbocycles. The zero-order valence-electron chi connectivity index (χ0n) is 10.9. The third kappa shape index (κ3) is 3.91. The van der Waals surface area contributed by atoms with Gasteiger partial charge in [0, 0.05) is 6.54 Å². The van der Waals surface area contributed by atoms with Crippen molar-refractivity contribution < 1.29 is 19.1 Å². The van der Waals surface area contributed by atoms with Crippen molar-refractivity contribution in [2.75, 3.05) is 6.54 Å². The van der Waals surface area contributed by atoms with E-state index in [-0.39, 0.29) is 18.4 Å². The van der Waals surface area contributed by atoms with Crippen molar-refractivity contribution in [3.63, 3.8) is 0 Å². The quantitative estimate of drug-likeness (QED) is 0.813. The van der Waals surface area contributed by atoms with Crippen LogP contribution in [0.1, 0.15) is 36.4 Å². The van der Waals surface area contributed by atoms with Gasteiger partial charge in [-0.05, 0) is 25.3 Å². The summed E-state index contributed by atoms with van der Waals surface area (Å²) >= 11 is 0. The fraction of sp³-hybridized carbons (Fsp3) is 0.538. The molecule has 0 fully saturated rings. The average Bonchev–Trinajstić information content (AvgIpc) is 2.69. The summed E-state index contributed by atoms with van der Waals surface area (Å²) in [4.78, 5) is 22.8. The van der Waals surface area contributed by atoms with Crippen LogP contribution < -0.4 is 5.32 Å². The number of furan rings is 1. The van der Waals surface area contributed by atoms with Crippen LogP contribution >= 0.6 is 0 Å². The first kappa shape index (κ1) is 14.3. The third-order valence-corrected chi connectivity index (χ3v) is 2.72. The largest absolute Gasteiger partial charge is 0.481 e. The number of amides is 1. The molecular formula is C13H19NO4. The van der Waals surface area contributed by atoms with Gasteiger partial charge in [0.2, 0.25) is 0 Å². The number of hydrogen-bond donors (Lipinski definition) is 2. The Hall–Kier alpha value is -1.78. The molecule has 0 aliphatic rings. The maximum Gasteiger partial charge on any atom is 0.308 e. The number of carboxylic acids is 1. The van der Waals surface area contributed by atoms with Gasteiger partial charge in [-0.1, -0.05) is 13.8 Å². The molecule has 0 aliphatic heterocycles. The van der Waals surface area contributed by atoms with E-state index in [1.165, 1.54) is 6.26 Å². The fourth-order valence-electron chi connectivity index (χ4n) is 1.77. The lowest BCUT2D eigenvalue weighted by atomic mass is 9.97. The summed E-state index contributed by atoms with van der Waals surface area (Å²) in [6, 6.07) is 1.57. The number of carbonyl (C=O) groups is 2. The van der Waals surface area contributed by atoms with Gasteiger partial charge in [-0.15, -0.1) is 0 Å². The van der Waals surface area contributed by atoms with Gasteiger partial charge in [0.1, 0.15) is 5.76 Å². The van der Waals surface area contributed by atoms with Crippen LogP contribution in [-0.2, 0) is 4.79 Å². The van der Waals surface area contributed by atoms with Crippen molar-refractivity contribution in [3.8, 4) is 0 Å². The molecule has 18 heavy (non-hydrogen) atoms. The third-order valence-electron chi connectivity index (χ3n) is 2.72. The number of carboxylic acid groups (broad SMARTS) is 1.